The number of hydrogen-bond donors (Lipinski definition) is 2. The summed E-state index contributed by atoms with van der Waals surface area (Å²) in [4.78, 5) is 15.7. The summed E-state index contributed by atoms with van der Waals surface area (Å²) >= 11 is 1.67. The van der Waals surface area contributed by atoms with E-state index < -0.39 is 0 Å². The molecule has 7 heteroatoms. The molecule has 1 atom stereocenters. The van der Waals surface area contributed by atoms with E-state index in [0.29, 0.717) is 23.5 Å². The third-order valence-corrected chi connectivity index (χ3v) is 5.20. The molecule has 2 heterocycles. The highest BCUT2D eigenvalue weighted by atomic mass is 32.1. The number of carbonyl (C=O) groups excluding carboxylic acids is 1. The van der Waals surface area contributed by atoms with E-state index in [2.05, 4.69) is 26.5 Å². The van der Waals surface area contributed by atoms with Crippen molar-refractivity contribution in [2.75, 3.05) is 20.6 Å². The van der Waals surface area contributed by atoms with Gasteiger partial charge in [0.1, 0.15) is 11.5 Å². The largest absolute Gasteiger partial charge is 0.349 e. The second-order valence-electron chi connectivity index (χ2n) is 6.34. The van der Waals surface area contributed by atoms with E-state index in [1.807, 2.05) is 25.5 Å². The number of H-pyrrole nitrogens is 1. The summed E-state index contributed by atoms with van der Waals surface area (Å²) in [5, 5.41) is 11.9. The van der Waals surface area contributed by atoms with Gasteiger partial charge in [-0.1, -0.05) is 6.07 Å². The van der Waals surface area contributed by atoms with Gasteiger partial charge < -0.3 is 10.2 Å². The van der Waals surface area contributed by atoms with Gasteiger partial charge in [-0.2, -0.15) is 5.10 Å². The van der Waals surface area contributed by atoms with Crippen LogP contribution in [0.4, 0.5) is 4.39 Å². The van der Waals surface area contributed by atoms with Crippen LogP contribution < -0.4 is 5.32 Å². The quantitative estimate of drug-likeness (QED) is 0.695. The molecule has 1 unspecified atom stereocenters. The molecule has 1 aromatic carbocycles. The van der Waals surface area contributed by atoms with Gasteiger partial charge in [0.05, 0.1) is 11.7 Å². The Labute approximate surface area is 155 Å². The average Bonchev–Trinajstić information content (AvgIpc) is 3.29. The van der Waals surface area contributed by atoms with E-state index in [9.17, 15) is 9.18 Å². The predicted molar refractivity (Wildman–Crippen MR) is 102 cm³/mol. The fourth-order valence-corrected chi connectivity index (χ4v) is 3.62. The van der Waals surface area contributed by atoms with Gasteiger partial charge in [0, 0.05) is 17.0 Å². The van der Waals surface area contributed by atoms with E-state index in [1.54, 1.807) is 36.5 Å². The maximum atomic E-state index is 13.4. The van der Waals surface area contributed by atoms with Gasteiger partial charge in [-0.05, 0) is 62.3 Å². The van der Waals surface area contributed by atoms with Gasteiger partial charge >= 0.3 is 0 Å². The Balaban J connectivity index is 1.69. The van der Waals surface area contributed by atoms with Gasteiger partial charge in [0.2, 0.25) is 0 Å². The normalized spacial score (nSPS) is 12.3. The van der Waals surface area contributed by atoms with Crippen LogP contribution >= 0.6 is 11.3 Å². The number of nitrogens with zero attached hydrogens (tertiary/aromatic N) is 2. The molecule has 3 aromatic rings. The minimum Gasteiger partial charge on any atom is -0.349 e. The highest BCUT2D eigenvalue weighted by molar-refractivity contribution is 7.10. The number of hydrogen-bond acceptors (Lipinski definition) is 4. The van der Waals surface area contributed by atoms with Crippen LogP contribution in [0.15, 0.2) is 41.8 Å². The standard InChI is InChI=1S/C19H21FN4OS/c1-12-9-13(6-7-14(12)20)15-10-16(23-22-15)19(25)21-11-17(24(2)3)18-5-4-8-26-18/h4-10,17H,11H2,1-3H3,(H,21,25)(H,22,23). The number of carbonyl (C=O) groups is 1. The molecule has 0 saturated carbocycles. The van der Waals surface area contributed by atoms with Crippen molar-refractivity contribution in [1.29, 1.82) is 0 Å². The van der Waals surface area contributed by atoms with Crippen LogP contribution in [0.25, 0.3) is 11.3 Å². The Morgan fingerprint density at radius 2 is 2.15 bits per heavy atom. The predicted octanol–water partition coefficient (Wildman–Crippen LogP) is 3.62. The fraction of sp³-hybridized carbons (Fsp3) is 0.263. The highest BCUT2D eigenvalue weighted by Gasteiger charge is 2.18. The van der Waals surface area contributed by atoms with Crippen LogP contribution in [-0.4, -0.2) is 41.6 Å². The molecule has 0 saturated heterocycles. The van der Waals surface area contributed by atoms with E-state index in [4.69, 9.17) is 0 Å². The molecule has 26 heavy (non-hydrogen) atoms. The minimum atomic E-state index is -0.259. The molecule has 0 bridgehead atoms. The number of aryl methyl sites for hydroxylation is 1. The van der Waals surface area contributed by atoms with E-state index in [1.165, 1.54) is 10.9 Å². The SMILES string of the molecule is Cc1cc(-c2cc(C(=O)NCC(c3cccs3)N(C)C)[nH]n2)ccc1F. The number of aromatic nitrogens is 2. The van der Waals surface area contributed by atoms with Crippen molar-refractivity contribution in [3.05, 3.63) is 63.7 Å². The zero-order valence-corrected chi connectivity index (χ0v) is 15.7. The number of rotatable bonds is 6. The smallest absolute Gasteiger partial charge is 0.269 e. The summed E-state index contributed by atoms with van der Waals surface area (Å²) < 4.78 is 13.4. The van der Waals surface area contributed by atoms with Crippen LogP contribution in [0.5, 0.6) is 0 Å². The van der Waals surface area contributed by atoms with E-state index in [0.717, 1.165) is 5.56 Å². The third kappa shape index (κ3) is 4.00. The maximum Gasteiger partial charge on any atom is 0.269 e. The second-order valence-corrected chi connectivity index (χ2v) is 7.31. The Morgan fingerprint density at radius 1 is 1.35 bits per heavy atom. The highest BCUT2D eigenvalue weighted by Crippen LogP contribution is 2.23. The fourth-order valence-electron chi connectivity index (χ4n) is 2.69. The van der Waals surface area contributed by atoms with Gasteiger partial charge in [0.15, 0.2) is 0 Å². The van der Waals surface area contributed by atoms with Crippen molar-refractivity contribution in [3.63, 3.8) is 0 Å². The van der Waals surface area contributed by atoms with Gasteiger partial charge in [-0.25, -0.2) is 4.39 Å². The maximum absolute atomic E-state index is 13.4. The molecule has 2 N–H and O–H groups in total. The van der Waals surface area contributed by atoms with Crippen LogP contribution in [0.1, 0.15) is 27.0 Å². The lowest BCUT2D eigenvalue weighted by atomic mass is 10.1. The molecule has 0 aliphatic heterocycles. The number of amides is 1. The van der Waals surface area contributed by atoms with Gasteiger partial charge in [-0.3, -0.25) is 9.89 Å². The Morgan fingerprint density at radius 3 is 2.81 bits per heavy atom. The Hall–Kier alpha value is -2.51. The first-order chi connectivity index (χ1) is 12.5. The zero-order chi connectivity index (χ0) is 18.7. The van der Waals surface area contributed by atoms with Crippen LogP contribution in [0, 0.1) is 12.7 Å². The van der Waals surface area contributed by atoms with Crippen molar-refractivity contribution >= 4 is 17.2 Å². The summed E-state index contributed by atoms with van der Waals surface area (Å²) in [6.45, 7) is 2.20. The molecule has 3 rings (SSSR count). The molecular weight excluding hydrogens is 351 g/mol. The summed E-state index contributed by atoms with van der Waals surface area (Å²) in [6.07, 6.45) is 0. The molecule has 136 valence electrons. The van der Waals surface area contributed by atoms with Crippen molar-refractivity contribution in [3.8, 4) is 11.3 Å². The first kappa shape index (κ1) is 18.3. The van der Waals surface area contributed by atoms with Crippen molar-refractivity contribution < 1.29 is 9.18 Å². The van der Waals surface area contributed by atoms with Crippen LogP contribution in [0.3, 0.4) is 0 Å². The van der Waals surface area contributed by atoms with E-state index in [-0.39, 0.29) is 17.8 Å². The molecule has 0 aliphatic carbocycles. The zero-order valence-electron chi connectivity index (χ0n) is 14.9. The number of halogens is 1. The summed E-state index contributed by atoms with van der Waals surface area (Å²) in [6, 6.07) is 10.6. The average molecular weight is 372 g/mol. The number of benzene rings is 1. The molecule has 1 amide bonds. The molecule has 0 fully saturated rings. The van der Waals surface area contributed by atoms with Crippen molar-refractivity contribution in [2.24, 2.45) is 0 Å². The third-order valence-electron chi connectivity index (χ3n) is 4.23. The topological polar surface area (TPSA) is 61.0 Å². The number of thiophene rings is 1. The van der Waals surface area contributed by atoms with E-state index >= 15 is 0 Å². The first-order valence-electron chi connectivity index (χ1n) is 8.25. The summed E-state index contributed by atoms with van der Waals surface area (Å²) in [5.41, 5.74) is 2.30. The first-order valence-corrected chi connectivity index (χ1v) is 9.13. The molecule has 5 nitrogen and oxygen atoms in total. The lowest BCUT2D eigenvalue weighted by Crippen LogP contribution is -2.34. The van der Waals surface area contributed by atoms with Crippen LogP contribution in [-0.2, 0) is 0 Å². The lowest BCUT2D eigenvalue weighted by Gasteiger charge is -2.23. The number of likely N-dealkylation sites (N-methyl/N-ethyl adjacent to an activating group) is 1. The second kappa shape index (κ2) is 7.80. The number of aromatic amines is 1. The van der Waals surface area contributed by atoms with Crippen molar-refractivity contribution in [2.45, 2.75) is 13.0 Å². The Kier molecular flexibility index (Phi) is 5.49. The Bertz CT molecular complexity index is 889. The van der Waals surface area contributed by atoms with Gasteiger partial charge in [0.25, 0.3) is 5.91 Å². The van der Waals surface area contributed by atoms with Gasteiger partial charge in [-0.15, -0.1) is 11.3 Å². The van der Waals surface area contributed by atoms with Crippen LogP contribution in [0.2, 0.25) is 0 Å². The summed E-state index contributed by atoms with van der Waals surface area (Å²) in [5.74, 6) is -0.475. The minimum absolute atomic E-state index is 0.112. The molecular formula is C19H21FN4OS. The summed E-state index contributed by atoms with van der Waals surface area (Å²) in [7, 11) is 3.98. The lowest BCUT2D eigenvalue weighted by molar-refractivity contribution is 0.0937. The molecule has 0 spiro atoms. The monoisotopic (exact) mass is 372 g/mol. The molecule has 0 aliphatic rings. The molecule has 0 radical (unpaired) electrons. The molecule has 2 aromatic heterocycles. The van der Waals surface area contributed by atoms with Crippen molar-refractivity contribution in [1.82, 2.24) is 20.4 Å². The number of nitrogens with one attached hydrogen (secondary N) is 2.